The van der Waals surface area contributed by atoms with E-state index in [0.717, 1.165) is 6.54 Å². The highest BCUT2D eigenvalue weighted by molar-refractivity contribution is 5.92. The van der Waals surface area contributed by atoms with Crippen LogP contribution >= 0.6 is 0 Å². The number of rotatable bonds is 4. The quantitative estimate of drug-likeness (QED) is 0.661. The molecule has 0 radical (unpaired) electrons. The second kappa shape index (κ2) is 5.11. The average Bonchev–Trinajstić information content (AvgIpc) is 2.14. The summed E-state index contributed by atoms with van der Waals surface area (Å²) >= 11 is 0. The largest absolute Gasteiger partial charge is 0.335 e. The van der Waals surface area contributed by atoms with Gasteiger partial charge in [-0.15, -0.1) is 0 Å². The zero-order chi connectivity index (χ0) is 11.4. The first-order valence-electron chi connectivity index (χ1n) is 5.21. The highest BCUT2D eigenvalue weighted by atomic mass is 16.2. The smallest absolute Gasteiger partial charge is 0.242 e. The number of carbonyl (C=O) groups is 2. The molecule has 0 aromatic rings. The Kier molecular flexibility index (Phi) is 4.08. The summed E-state index contributed by atoms with van der Waals surface area (Å²) in [5, 5.41) is 3.06. The zero-order valence-corrected chi connectivity index (χ0v) is 9.62. The Bertz CT molecular complexity index is 255. The van der Waals surface area contributed by atoms with Gasteiger partial charge in [-0.3, -0.25) is 9.59 Å². The van der Waals surface area contributed by atoms with Crippen LogP contribution in [0, 0.1) is 5.92 Å². The number of carbonyl (C=O) groups excluding carboxylic acids is 2. The van der Waals surface area contributed by atoms with Crippen LogP contribution in [0.15, 0.2) is 0 Å². The van der Waals surface area contributed by atoms with Gasteiger partial charge in [0.05, 0.1) is 13.1 Å². The molecule has 86 valence electrons. The Morgan fingerprint density at radius 3 is 2.60 bits per heavy atom. The maximum atomic E-state index is 11.6. The molecule has 1 aliphatic rings. The van der Waals surface area contributed by atoms with Crippen LogP contribution in [0.4, 0.5) is 0 Å². The molecule has 0 spiro atoms. The molecule has 1 unspecified atom stereocenters. The predicted octanol–water partition coefficient (Wildman–Crippen LogP) is -0.857. The fourth-order valence-electron chi connectivity index (χ4n) is 1.72. The summed E-state index contributed by atoms with van der Waals surface area (Å²) in [5.41, 5.74) is 0. The van der Waals surface area contributed by atoms with Gasteiger partial charge in [0.2, 0.25) is 11.8 Å². The van der Waals surface area contributed by atoms with E-state index in [1.165, 1.54) is 4.90 Å². The van der Waals surface area contributed by atoms with Crippen LogP contribution in [0.25, 0.3) is 0 Å². The summed E-state index contributed by atoms with van der Waals surface area (Å²) < 4.78 is 0. The Balaban J connectivity index is 2.48. The van der Waals surface area contributed by atoms with Crippen LogP contribution in [0.3, 0.4) is 0 Å². The van der Waals surface area contributed by atoms with Crippen molar-refractivity contribution < 1.29 is 9.59 Å². The average molecular weight is 213 g/mol. The molecule has 1 saturated heterocycles. The fraction of sp³-hybridized carbons (Fsp3) is 0.800. The van der Waals surface area contributed by atoms with Crippen molar-refractivity contribution in [3.05, 3.63) is 0 Å². The summed E-state index contributed by atoms with van der Waals surface area (Å²) in [6.07, 6.45) is 0. The molecule has 5 heteroatoms. The number of amides is 2. The third kappa shape index (κ3) is 3.20. The van der Waals surface area contributed by atoms with Crippen molar-refractivity contribution in [1.82, 2.24) is 15.1 Å². The van der Waals surface area contributed by atoms with Gasteiger partial charge in [0.25, 0.3) is 0 Å². The van der Waals surface area contributed by atoms with E-state index in [9.17, 15) is 9.59 Å². The van der Waals surface area contributed by atoms with Crippen molar-refractivity contribution in [2.24, 2.45) is 5.92 Å². The lowest BCUT2D eigenvalue weighted by Gasteiger charge is -2.33. The summed E-state index contributed by atoms with van der Waals surface area (Å²) in [7, 11) is 3.54. The molecule has 1 aliphatic heterocycles. The van der Waals surface area contributed by atoms with E-state index in [4.69, 9.17) is 0 Å². The Morgan fingerprint density at radius 2 is 2.00 bits per heavy atom. The first-order valence-corrected chi connectivity index (χ1v) is 5.21. The minimum absolute atomic E-state index is 0.0197. The maximum absolute atomic E-state index is 11.6. The third-order valence-electron chi connectivity index (χ3n) is 2.56. The second-order valence-corrected chi connectivity index (χ2v) is 4.19. The van der Waals surface area contributed by atoms with E-state index in [1.807, 2.05) is 7.05 Å². The van der Waals surface area contributed by atoms with Crippen molar-refractivity contribution in [3.8, 4) is 0 Å². The van der Waals surface area contributed by atoms with E-state index in [-0.39, 0.29) is 24.9 Å². The van der Waals surface area contributed by atoms with Gasteiger partial charge < -0.3 is 15.1 Å². The molecular weight excluding hydrogens is 194 g/mol. The highest BCUT2D eigenvalue weighted by Crippen LogP contribution is 2.06. The van der Waals surface area contributed by atoms with E-state index >= 15 is 0 Å². The molecule has 15 heavy (non-hydrogen) atoms. The van der Waals surface area contributed by atoms with Gasteiger partial charge in [0.15, 0.2) is 0 Å². The molecule has 2 amide bonds. The third-order valence-corrected chi connectivity index (χ3v) is 2.56. The minimum Gasteiger partial charge on any atom is -0.335 e. The Labute approximate surface area is 90.4 Å². The Morgan fingerprint density at radius 1 is 1.33 bits per heavy atom. The normalized spacial score (nSPS) is 19.7. The van der Waals surface area contributed by atoms with Crippen LogP contribution in [0.1, 0.15) is 6.92 Å². The molecule has 0 aliphatic carbocycles. The van der Waals surface area contributed by atoms with E-state index < -0.39 is 0 Å². The molecule has 1 rings (SSSR count). The van der Waals surface area contributed by atoms with Crippen molar-refractivity contribution in [1.29, 1.82) is 0 Å². The van der Waals surface area contributed by atoms with E-state index in [0.29, 0.717) is 12.5 Å². The molecule has 1 heterocycles. The van der Waals surface area contributed by atoms with Gasteiger partial charge in [-0.05, 0) is 19.5 Å². The number of nitrogens with zero attached hydrogens (tertiary/aromatic N) is 2. The molecule has 0 aromatic carbocycles. The van der Waals surface area contributed by atoms with Crippen molar-refractivity contribution in [3.63, 3.8) is 0 Å². The molecule has 5 nitrogen and oxygen atoms in total. The van der Waals surface area contributed by atoms with E-state index in [1.54, 1.807) is 11.9 Å². The van der Waals surface area contributed by atoms with Gasteiger partial charge in [0.1, 0.15) is 0 Å². The topological polar surface area (TPSA) is 52.7 Å². The van der Waals surface area contributed by atoms with E-state index in [2.05, 4.69) is 12.2 Å². The maximum Gasteiger partial charge on any atom is 0.242 e. The lowest BCUT2D eigenvalue weighted by atomic mass is 10.1. The standard InChI is InChI=1S/C10H19N3O2/c1-8(4-11-2)5-13-7-9(14)12(3)6-10(13)15/h8,11H,4-7H2,1-3H3. The molecule has 0 aromatic heterocycles. The zero-order valence-electron chi connectivity index (χ0n) is 9.62. The molecule has 1 N–H and O–H groups in total. The summed E-state index contributed by atoms with van der Waals surface area (Å²) in [4.78, 5) is 26.1. The van der Waals surface area contributed by atoms with Crippen LogP contribution in [-0.2, 0) is 9.59 Å². The van der Waals surface area contributed by atoms with Gasteiger partial charge in [-0.1, -0.05) is 6.92 Å². The number of piperazine rings is 1. The lowest BCUT2D eigenvalue weighted by Crippen LogP contribution is -2.53. The fourth-order valence-corrected chi connectivity index (χ4v) is 1.72. The Hall–Kier alpha value is -1.10. The predicted molar refractivity (Wildman–Crippen MR) is 57.3 cm³/mol. The van der Waals surface area contributed by atoms with Gasteiger partial charge in [-0.2, -0.15) is 0 Å². The number of likely N-dealkylation sites (N-methyl/N-ethyl adjacent to an activating group) is 1. The monoisotopic (exact) mass is 213 g/mol. The first-order chi connectivity index (χ1) is 7.04. The van der Waals surface area contributed by atoms with Crippen molar-refractivity contribution in [2.45, 2.75) is 6.92 Å². The van der Waals surface area contributed by atoms with Crippen LogP contribution in [0.2, 0.25) is 0 Å². The van der Waals surface area contributed by atoms with Crippen LogP contribution in [0.5, 0.6) is 0 Å². The highest BCUT2D eigenvalue weighted by Gasteiger charge is 2.27. The molecule has 0 saturated carbocycles. The number of nitrogens with one attached hydrogen (secondary N) is 1. The van der Waals surface area contributed by atoms with Gasteiger partial charge >= 0.3 is 0 Å². The first kappa shape index (κ1) is 12.0. The summed E-state index contributed by atoms with van der Waals surface area (Å²) in [6.45, 7) is 4.01. The summed E-state index contributed by atoms with van der Waals surface area (Å²) in [6, 6.07) is 0. The second-order valence-electron chi connectivity index (χ2n) is 4.19. The molecule has 0 bridgehead atoms. The van der Waals surface area contributed by atoms with Crippen molar-refractivity contribution in [2.75, 3.05) is 40.3 Å². The SMILES string of the molecule is CNCC(C)CN1CC(=O)N(C)CC1=O. The minimum atomic E-state index is 0.0197. The van der Waals surface area contributed by atoms with Crippen LogP contribution < -0.4 is 5.32 Å². The van der Waals surface area contributed by atoms with Gasteiger partial charge in [0, 0.05) is 13.6 Å². The van der Waals surface area contributed by atoms with Crippen molar-refractivity contribution >= 4 is 11.8 Å². The lowest BCUT2D eigenvalue weighted by molar-refractivity contribution is -0.149. The number of hydrogen-bond acceptors (Lipinski definition) is 3. The van der Waals surface area contributed by atoms with Crippen LogP contribution in [-0.4, -0.2) is 61.9 Å². The molecule has 1 fully saturated rings. The molecule has 1 atom stereocenters. The summed E-state index contributed by atoms with van der Waals surface area (Å²) in [5.74, 6) is 0.432. The van der Waals surface area contributed by atoms with Gasteiger partial charge in [-0.25, -0.2) is 0 Å². The molecular formula is C10H19N3O2. The number of hydrogen-bond donors (Lipinski definition) is 1.